The molecule has 3 rings (SSSR count). The van der Waals surface area contributed by atoms with E-state index < -0.39 is 0 Å². The number of thiophene rings is 1. The van der Waals surface area contributed by atoms with E-state index in [0.29, 0.717) is 5.95 Å². The average Bonchev–Trinajstić information content (AvgIpc) is 3.03. The Kier molecular flexibility index (Phi) is 3.76. The first-order valence-corrected chi connectivity index (χ1v) is 7.98. The third-order valence-corrected chi connectivity index (χ3v) is 4.70. The largest absolute Gasteiger partial charge is 0.396 e. The second-order valence-electron chi connectivity index (χ2n) is 5.39. The van der Waals surface area contributed by atoms with Crippen LogP contribution >= 0.6 is 11.3 Å². The maximum atomic E-state index is 9.13. The topological polar surface area (TPSA) is 70.1 Å². The molecule has 6 heteroatoms. The van der Waals surface area contributed by atoms with Gasteiger partial charge < -0.3 is 15.7 Å². The molecule has 5 nitrogen and oxygen atoms in total. The Morgan fingerprint density at radius 2 is 2.20 bits per heavy atom. The highest BCUT2D eigenvalue weighted by molar-refractivity contribution is 7.16. The Hall–Kier alpha value is -1.40. The number of fused-ring (bicyclic) bond motifs is 1. The molecule has 0 spiro atoms. The average molecular weight is 292 g/mol. The van der Waals surface area contributed by atoms with Crippen molar-refractivity contribution in [2.75, 3.05) is 30.3 Å². The van der Waals surface area contributed by atoms with E-state index in [9.17, 15) is 0 Å². The lowest BCUT2D eigenvalue weighted by Gasteiger charge is -2.16. The first kappa shape index (κ1) is 13.6. The summed E-state index contributed by atoms with van der Waals surface area (Å²) in [5.74, 6) is 1.58. The van der Waals surface area contributed by atoms with E-state index in [1.165, 1.54) is 12.8 Å². The van der Waals surface area contributed by atoms with Gasteiger partial charge in [-0.1, -0.05) is 0 Å². The van der Waals surface area contributed by atoms with Crippen LogP contribution in [-0.4, -0.2) is 34.8 Å². The van der Waals surface area contributed by atoms with E-state index in [2.05, 4.69) is 26.7 Å². The summed E-state index contributed by atoms with van der Waals surface area (Å²) < 4.78 is 0. The highest BCUT2D eigenvalue weighted by atomic mass is 32.1. The van der Waals surface area contributed by atoms with Crippen LogP contribution in [0.1, 0.15) is 26.2 Å². The van der Waals surface area contributed by atoms with Gasteiger partial charge in [0.1, 0.15) is 10.6 Å². The molecule has 1 fully saturated rings. The minimum absolute atomic E-state index is 0.266. The van der Waals surface area contributed by atoms with Crippen molar-refractivity contribution in [1.29, 1.82) is 0 Å². The molecule has 0 bridgehead atoms. The maximum Gasteiger partial charge on any atom is 0.226 e. The number of nitrogens with one attached hydrogen (secondary N) is 2. The number of aliphatic hydroxyl groups excluding tert-OH is 1. The van der Waals surface area contributed by atoms with Crippen molar-refractivity contribution < 1.29 is 5.11 Å². The molecule has 3 N–H and O–H groups in total. The van der Waals surface area contributed by atoms with Crippen LogP contribution in [0.4, 0.5) is 11.8 Å². The molecular weight excluding hydrogens is 272 g/mol. The van der Waals surface area contributed by atoms with Crippen LogP contribution in [0.3, 0.4) is 0 Å². The van der Waals surface area contributed by atoms with Gasteiger partial charge in [0.25, 0.3) is 0 Å². The van der Waals surface area contributed by atoms with Gasteiger partial charge in [-0.05, 0) is 43.0 Å². The molecule has 108 valence electrons. The standard InChI is InChI=1S/C14H20N4OS/c1-2-15-13-17-11(10-3-8-20-12(10)18-13)16-9-14(4-5-14)6-7-19/h3,8,19H,2,4-7,9H2,1H3,(H2,15,16,17,18). The van der Waals surface area contributed by atoms with E-state index in [1.54, 1.807) is 11.3 Å². The Bertz CT molecular complexity index is 594. The number of nitrogens with zero attached hydrogens (tertiary/aromatic N) is 2. The lowest BCUT2D eigenvalue weighted by atomic mass is 10.0. The third kappa shape index (κ3) is 2.71. The summed E-state index contributed by atoms with van der Waals surface area (Å²) >= 11 is 1.63. The normalized spacial score (nSPS) is 16.3. The van der Waals surface area contributed by atoms with Crippen LogP contribution in [-0.2, 0) is 0 Å². The van der Waals surface area contributed by atoms with Gasteiger partial charge in [-0.3, -0.25) is 0 Å². The molecule has 1 aliphatic rings. The Labute approximate surface area is 122 Å². The number of hydrogen-bond donors (Lipinski definition) is 3. The molecule has 0 atom stereocenters. The molecule has 2 aromatic rings. The van der Waals surface area contributed by atoms with Gasteiger partial charge in [0.05, 0.1) is 5.39 Å². The van der Waals surface area contributed by atoms with E-state index in [1.807, 2.05) is 12.3 Å². The van der Waals surface area contributed by atoms with Gasteiger partial charge >= 0.3 is 0 Å². The minimum Gasteiger partial charge on any atom is -0.396 e. The van der Waals surface area contributed by atoms with Gasteiger partial charge in [-0.2, -0.15) is 4.98 Å². The Morgan fingerprint density at radius 1 is 1.35 bits per heavy atom. The van der Waals surface area contributed by atoms with Crippen LogP contribution in [0.15, 0.2) is 11.4 Å². The van der Waals surface area contributed by atoms with Crippen molar-refractivity contribution >= 4 is 33.3 Å². The molecule has 0 radical (unpaired) electrons. The summed E-state index contributed by atoms with van der Waals surface area (Å²) in [6, 6.07) is 2.06. The van der Waals surface area contributed by atoms with Gasteiger partial charge in [-0.25, -0.2) is 4.98 Å². The number of anilines is 2. The first-order valence-electron chi connectivity index (χ1n) is 7.10. The first-order chi connectivity index (χ1) is 9.76. The molecule has 1 aliphatic carbocycles. The zero-order valence-electron chi connectivity index (χ0n) is 11.6. The lowest BCUT2D eigenvalue weighted by Crippen LogP contribution is -2.18. The summed E-state index contributed by atoms with van der Waals surface area (Å²) in [5.41, 5.74) is 0.278. The summed E-state index contributed by atoms with van der Waals surface area (Å²) in [6.45, 7) is 3.99. The van der Waals surface area contributed by atoms with Crippen molar-refractivity contribution in [3.63, 3.8) is 0 Å². The van der Waals surface area contributed by atoms with Crippen LogP contribution < -0.4 is 10.6 Å². The van der Waals surface area contributed by atoms with E-state index in [-0.39, 0.29) is 12.0 Å². The van der Waals surface area contributed by atoms with Crippen molar-refractivity contribution in [3.8, 4) is 0 Å². The lowest BCUT2D eigenvalue weighted by molar-refractivity contribution is 0.253. The third-order valence-electron chi connectivity index (χ3n) is 3.89. The number of hydrogen-bond acceptors (Lipinski definition) is 6. The summed E-state index contributed by atoms with van der Waals surface area (Å²) in [4.78, 5) is 10.1. The van der Waals surface area contributed by atoms with Crippen molar-refractivity contribution in [1.82, 2.24) is 9.97 Å². The van der Waals surface area contributed by atoms with Crippen molar-refractivity contribution in [3.05, 3.63) is 11.4 Å². The van der Waals surface area contributed by atoms with Crippen LogP contribution in [0.5, 0.6) is 0 Å². The molecule has 2 aromatic heterocycles. The van der Waals surface area contributed by atoms with E-state index in [0.717, 1.165) is 35.5 Å². The molecular formula is C14H20N4OS. The minimum atomic E-state index is 0.266. The fourth-order valence-electron chi connectivity index (χ4n) is 2.43. The molecule has 20 heavy (non-hydrogen) atoms. The Balaban J connectivity index is 1.80. The second kappa shape index (κ2) is 5.54. The Morgan fingerprint density at radius 3 is 2.90 bits per heavy atom. The fourth-order valence-corrected chi connectivity index (χ4v) is 3.19. The van der Waals surface area contributed by atoms with E-state index in [4.69, 9.17) is 5.11 Å². The molecule has 2 heterocycles. The van der Waals surface area contributed by atoms with E-state index >= 15 is 0 Å². The fraction of sp³-hybridized carbons (Fsp3) is 0.571. The zero-order valence-corrected chi connectivity index (χ0v) is 12.5. The molecule has 0 aliphatic heterocycles. The van der Waals surface area contributed by atoms with Gasteiger partial charge in [0.15, 0.2) is 0 Å². The predicted molar refractivity (Wildman–Crippen MR) is 83.4 cm³/mol. The van der Waals surface area contributed by atoms with Crippen LogP contribution in [0, 0.1) is 5.41 Å². The SMILES string of the molecule is CCNc1nc(NCC2(CCO)CC2)c2ccsc2n1. The number of aromatic nitrogens is 2. The maximum absolute atomic E-state index is 9.13. The molecule has 0 saturated heterocycles. The van der Waals surface area contributed by atoms with Crippen LogP contribution in [0.2, 0.25) is 0 Å². The highest BCUT2D eigenvalue weighted by Crippen LogP contribution is 2.48. The quantitative estimate of drug-likeness (QED) is 0.732. The van der Waals surface area contributed by atoms with Gasteiger partial charge in [0.2, 0.25) is 5.95 Å². The second-order valence-corrected chi connectivity index (χ2v) is 6.29. The molecule has 0 unspecified atom stereocenters. The molecule has 0 amide bonds. The van der Waals surface area contributed by atoms with Crippen molar-refractivity contribution in [2.24, 2.45) is 5.41 Å². The number of aliphatic hydroxyl groups is 1. The summed E-state index contributed by atoms with van der Waals surface area (Å²) in [5, 5.41) is 18.9. The highest BCUT2D eigenvalue weighted by Gasteiger charge is 2.41. The molecule has 1 saturated carbocycles. The monoisotopic (exact) mass is 292 g/mol. The molecule has 0 aromatic carbocycles. The van der Waals surface area contributed by atoms with Crippen LogP contribution in [0.25, 0.3) is 10.2 Å². The van der Waals surface area contributed by atoms with Gasteiger partial charge in [-0.15, -0.1) is 11.3 Å². The van der Waals surface area contributed by atoms with Gasteiger partial charge in [0, 0.05) is 19.7 Å². The smallest absolute Gasteiger partial charge is 0.226 e. The summed E-state index contributed by atoms with van der Waals surface area (Å²) in [6.07, 6.45) is 3.26. The summed E-state index contributed by atoms with van der Waals surface area (Å²) in [7, 11) is 0. The zero-order chi connectivity index (χ0) is 14.0. The number of rotatable bonds is 7. The van der Waals surface area contributed by atoms with Crippen molar-refractivity contribution in [2.45, 2.75) is 26.2 Å². The predicted octanol–water partition coefficient (Wildman–Crippen LogP) is 2.70.